The summed E-state index contributed by atoms with van der Waals surface area (Å²) in [6.07, 6.45) is 0.946. The second kappa shape index (κ2) is 9.55. The van der Waals surface area contributed by atoms with Crippen molar-refractivity contribution in [2.75, 3.05) is 25.7 Å². The van der Waals surface area contributed by atoms with Crippen molar-refractivity contribution < 1.29 is 27.5 Å². The number of carbonyl (C=O) groups is 1. The molecule has 0 bridgehead atoms. The number of alkyl carbamates (subject to hydrolysis) is 1. The van der Waals surface area contributed by atoms with Crippen molar-refractivity contribution in [3.63, 3.8) is 0 Å². The van der Waals surface area contributed by atoms with Gasteiger partial charge in [0.1, 0.15) is 30.5 Å². The molecule has 0 unspecified atom stereocenters. The molecule has 1 aliphatic carbocycles. The van der Waals surface area contributed by atoms with Gasteiger partial charge in [-0.2, -0.15) is 0 Å². The van der Waals surface area contributed by atoms with Crippen LogP contribution >= 0.6 is 11.8 Å². The fourth-order valence-corrected chi connectivity index (χ4v) is 6.64. The number of fused-ring (bicyclic) bond motifs is 1. The second-order valence-corrected chi connectivity index (χ2v) is 17.0. The summed E-state index contributed by atoms with van der Waals surface area (Å²) in [6, 6.07) is 4.93. The average molecular weight is 525 g/mol. The molecule has 190 valence electrons. The lowest BCUT2D eigenvalue weighted by Gasteiger charge is -2.34. The number of carbonyl (C=O) groups excluding carboxylic acids is 1. The zero-order valence-corrected chi connectivity index (χ0v) is 22.0. The number of benzene rings is 1. The first kappa shape index (κ1) is 25.6. The SMILES string of the molecule is Cc1ncoc1[C@]12C[C@H]1[C@@](CF)(c1cc(N)ccc1F)N=C(OC(=O)NCOCC[Si](C)(C)C)S2. The van der Waals surface area contributed by atoms with Gasteiger partial charge in [-0.05, 0) is 37.6 Å². The Bertz CT molecular complexity index is 1140. The number of anilines is 1. The summed E-state index contributed by atoms with van der Waals surface area (Å²) in [5, 5.41) is 2.43. The highest BCUT2D eigenvalue weighted by Gasteiger charge is 2.72. The number of aromatic nitrogens is 1. The van der Waals surface area contributed by atoms with Crippen LogP contribution in [0.5, 0.6) is 0 Å². The van der Waals surface area contributed by atoms with Crippen molar-refractivity contribution in [2.45, 2.75) is 49.3 Å². The maximum absolute atomic E-state index is 15.0. The van der Waals surface area contributed by atoms with Gasteiger partial charge >= 0.3 is 6.09 Å². The number of nitrogen functional groups attached to an aromatic ring is 1. The Kier molecular flexibility index (Phi) is 6.99. The number of hydrogen-bond acceptors (Lipinski definition) is 8. The number of aliphatic imine (C=N–C) groups is 1. The molecule has 3 N–H and O–H groups in total. The van der Waals surface area contributed by atoms with Crippen LogP contribution in [-0.2, 0) is 19.8 Å². The molecule has 0 saturated heterocycles. The van der Waals surface area contributed by atoms with E-state index in [1.807, 2.05) is 0 Å². The van der Waals surface area contributed by atoms with E-state index < -0.39 is 42.9 Å². The van der Waals surface area contributed by atoms with Crippen LogP contribution in [0.4, 0.5) is 19.3 Å². The lowest BCUT2D eigenvalue weighted by atomic mass is 9.84. The maximum Gasteiger partial charge on any atom is 0.416 e. The van der Waals surface area contributed by atoms with Crippen LogP contribution in [0.1, 0.15) is 23.4 Å². The van der Waals surface area contributed by atoms with E-state index in [1.165, 1.54) is 24.6 Å². The number of nitrogens with two attached hydrogens (primary N) is 1. The van der Waals surface area contributed by atoms with Gasteiger partial charge in [-0.1, -0.05) is 31.4 Å². The van der Waals surface area contributed by atoms with E-state index in [4.69, 9.17) is 19.6 Å². The van der Waals surface area contributed by atoms with Crippen LogP contribution in [-0.4, -0.2) is 44.4 Å². The van der Waals surface area contributed by atoms with Crippen molar-refractivity contribution in [2.24, 2.45) is 10.9 Å². The third-order valence-corrected chi connectivity index (χ3v) is 9.39. The fourth-order valence-electron chi connectivity index (χ4n) is 4.37. The Labute approximate surface area is 208 Å². The van der Waals surface area contributed by atoms with Crippen LogP contribution in [0, 0.1) is 18.7 Å². The summed E-state index contributed by atoms with van der Waals surface area (Å²) in [6.45, 7) is 7.95. The Morgan fingerprint density at radius 3 is 2.83 bits per heavy atom. The number of nitrogens with zero attached hydrogens (tertiary/aromatic N) is 2. The molecule has 0 spiro atoms. The molecule has 1 aromatic carbocycles. The van der Waals surface area contributed by atoms with Crippen LogP contribution in [0.25, 0.3) is 0 Å². The van der Waals surface area contributed by atoms with E-state index in [0.29, 0.717) is 24.5 Å². The van der Waals surface area contributed by atoms with Crippen molar-refractivity contribution >= 4 is 36.8 Å². The van der Waals surface area contributed by atoms with Gasteiger partial charge in [0, 0.05) is 31.8 Å². The van der Waals surface area contributed by atoms with Gasteiger partial charge in [0.25, 0.3) is 5.23 Å². The summed E-state index contributed by atoms with van der Waals surface area (Å²) < 4.78 is 45.6. The monoisotopic (exact) mass is 524 g/mol. The first-order valence-corrected chi connectivity index (χ1v) is 15.9. The van der Waals surface area contributed by atoms with E-state index in [0.717, 1.165) is 17.8 Å². The number of alkyl halides is 1. The van der Waals surface area contributed by atoms with E-state index in [1.54, 1.807) is 6.92 Å². The average Bonchev–Trinajstić information content (AvgIpc) is 3.37. The maximum atomic E-state index is 15.0. The Balaban J connectivity index is 1.59. The molecule has 4 rings (SSSR count). The molecule has 2 aromatic rings. The molecule has 2 aliphatic rings. The Hall–Kier alpha value is -2.44. The Morgan fingerprint density at radius 2 is 2.17 bits per heavy atom. The number of hydrogen-bond donors (Lipinski definition) is 2. The van der Waals surface area contributed by atoms with Gasteiger partial charge in [0.05, 0.1) is 10.4 Å². The number of aryl methyl sites for hydroxylation is 1. The molecule has 0 radical (unpaired) electrons. The molecule has 2 heterocycles. The molecule has 1 saturated carbocycles. The normalized spacial score (nSPS) is 25.5. The third kappa shape index (κ3) is 5.10. The van der Waals surface area contributed by atoms with Gasteiger partial charge in [-0.25, -0.2) is 23.6 Å². The Morgan fingerprint density at radius 1 is 1.40 bits per heavy atom. The highest BCUT2D eigenvalue weighted by Crippen LogP contribution is 2.72. The summed E-state index contributed by atoms with van der Waals surface area (Å²) >= 11 is 1.16. The van der Waals surface area contributed by atoms with Crippen LogP contribution in [0.3, 0.4) is 0 Å². The number of nitrogens with one attached hydrogen (secondary N) is 1. The number of thioether (sulfide) groups is 1. The largest absolute Gasteiger partial charge is 0.447 e. The number of oxazole rings is 1. The minimum Gasteiger partial charge on any atom is -0.447 e. The number of ether oxygens (including phenoxy) is 2. The van der Waals surface area contributed by atoms with Crippen molar-refractivity contribution in [3.05, 3.63) is 47.4 Å². The van der Waals surface area contributed by atoms with Gasteiger partial charge in [0.15, 0.2) is 6.39 Å². The zero-order valence-electron chi connectivity index (χ0n) is 20.2. The zero-order chi connectivity index (χ0) is 25.4. The summed E-state index contributed by atoms with van der Waals surface area (Å²) in [4.78, 5) is 21.1. The van der Waals surface area contributed by atoms with Crippen LogP contribution in [0.15, 0.2) is 34.0 Å². The first-order valence-electron chi connectivity index (χ1n) is 11.3. The molecule has 1 aromatic heterocycles. The lowest BCUT2D eigenvalue weighted by molar-refractivity contribution is 0.120. The second-order valence-electron chi connectivity index (χ2n) is 10.1. The van der Waals surface area contributed by atoms with Crippen molar-refractivity contribution in [1.29, 1.82) is 0 Å². The minimum atomic E-state index is -1.63. The summed E-state index contributed by atoms with van der Waals surface area (Å²) in [7, 11) is -1.25. The summed E-state index contributed by atoms with van der Waals surface area (Å²) in [5.74, 6) is -0.559. The van der Waals surface area contributed by atoms with E-state index in [-0.39, 0.29) is 23.2 Å². The van der Waals surface area contributed by atoms with Gasteiger partial charge < -0.3 is 19.6 Å². The minimum absolute atomic E-state index is 0.0144. The molecule has 1 aliphatic heterocycles. The summed E-state index contributed by atoms with van der Waals surface area (Å²) in [5.41, 5.74) is 5.19. The van der Waals surface area contributed by atoms with Gasteiger partial charge in [0.2, 0.25) is 0 Å². The number of amides is 1. The van der Waals surface area contributed by atoms with Crippen molar-refractivity contribution in [3.8, 4) is 0 Å². The number of rotatable bonds is 8. The molecule has 35 heavy (non-hydrogen) atoms. The molecule has 1 amide bonds. The molecule has 3 atom stereocenters. The predicted octanol–water partition coefficient (Wildman–Crippen LogP) is 4.93. The fraction of sp³-hybridized carbons (Fsp3) is 0.522. The lowest BCUT2D eigenvalue weighted by Crippen LogP contribution is -2.39. The van der Waals surface area contributed by atoms with Crippen LogP contribution in [0.2, 0.25) is 25.7 Å². The standard InChI is InChI=1S/C23H30F2N4O4SSi/c1-14-19(32-13-27-14)23-10-18(23)22(11-24,16-9-15(26)5-6-17(16)25)29-21(34-23)33-20(30)28-12-31-7-8-35(2,3)4/h5-6,9,13,18H,7-8,10-12,26H2,1-4H3,(H,28,30)/t18-,22+,23-/m0/s1. The molecular weight excluding hydrogens is 494 g/mol. The highest BCUT2D eigenvalue weighted by atomic mass is 32.2. The molecule has 8 nitrogen and oxygen atoms in total. The quantitative estimate of drug-likeness (QED) is 0.218. The van der Waals surface area contributed by atoms with Crippen LogP contribution < -0.4 is 11.1 Å². The predicted molar refractivity (Wildman–Crippen MR) is 133 cm³/mol. The molecule has 12 heteroatoms. The van der Waals surface area contributed by atoms with E-state index in [9.17, 15) is 13.6 Å². The van der Waals surface area contributed by atoms with E-state index >= 15 is 0 Å². The smallest absolute Gasteiger partial charge is 0.416 e. The highest BCUT2D eigenvalue weighted by molar-refractivity contribution is 8.14. The number of halogens is 2. The molecule has 1 fully saturated rings. The topological polar surface area (TPSA) is 112 Å². The first-order chi connectivity index (χ1) is 16.5. The third-order valence-electron chi connectivity index (χ3n) is 6.33. The van der Waals surface area contributed by atoms with Gasteiger partial charge in [-0.15, -0.1) is 0 Å². The van der Waals surface area contributed by atoms with E-state index in [2.05, 4.69) is 34.9 Å². The van der Waals surface area contributed by atoms with Gasteiger partial charge in [-0.3, -0.25) is 5.32 Å². The van der Waals surface area contributed by atoms with Crippen molar-refractivity contribution in [1.82, 2.24) is 10.3 Å². The molecular formula is C23H30F2N4O4SSi.